The summed E-state index contributed by atoms with van der Waals surface area (Å²) >= 11 is 0. The number of urea groups is 1. The second-order valence-corrected chi connectivity index (χ2v) is 6.68. The van der Waals surface area contributed by atoms with Gasteiger partial charge in [0.25, 0.3) is 0 Å². The fourth-order valence-corrected chi connectivity index (χ4v) is 3.48. The number of ether oxygens (including phenoxy) is 1. The van der Waals surface area contributed by atoms with Crippen molar-refractivity contribution < 1.29 is 14.3 Å². The van der Waals surface area contributed by atoms with E-state index in [9.17, 15) is 9.59 Å². The Labute approximate surface area is 162 Å². The number of para-hydroxylation sites is 1. The summed E-state index contributed by atoms with van der Waals surface area (Å²) in [5, 5.41) is 4.05. The van der Waals surface area contributed by atoms with E-state index < -0.39 is 5.97 Å². The number of rotatable bonds is 3. The lowest BCUT2D eigenvalue weighted by molar-refractivity contribution is 0.0600. The Morgan fingerprint density at radius 2 is 2.00 bits per heavy atom. The molecule has 0 radical (unpaired) electrons. The molecule has 0 saturated heterocycles. The lowest BCUT2D eigenvalue weighted by Gasteiger charge is -2.26. The Morgan fingerprint density at radius 1 is 1.14 bits per heavy atom. The molecule has 6 heteroatoms. The first-order chi connectivity index (χ1) is 13.7. The number of nitrogens with zero attached hydrogens (tertiary/aromatic N) is 1. The van der Waals surface area contributed by atoms with E-state index in [1.165, 1.54) is 23.6 Å². The summed E-state index contributed by atoms with van der Waals surface area (Å²) in [5.41, 5.74) is 4.53. The summed E-state index contributed by atoms with van der Waals surface area (Å²) in [5.74, 6) is -0.430. The normalized spacial score (nSPS) is 13.9. The van der Waals surface area contributed by atoms with Crippen molar-refractivity contribution in [3.63, 3.8) is 0 Å². The third-order valence-electron chi connectivity index (χ3n) is 4.97. The highest BCUT2D eigenvalue weighted by atomic mass is 16.5. The maximum Gasteiger partial charge on any atom is 0.337 e. The second-order valence-electron chi connectivity index (χ2n) is 6.68. The third-order valence-corrected chi connectivity index (χ3v) is 4.97. The van der Waals surface area contributed by atoms with Gasteiger partial charge in [0.15, 0.2) is 0 Å². The molecule has 0 bridgehead atoms. The summed E-state index contributed by atoms with van der Waals surface area (Å²) in [6, 6.07) is 14.8. The van der Waals surface area contributed by atoms with Crippen LogP contribution in [0, 0.1) is 0 Å². The monoisotopic (exact) mass is 375 g/mol. The van der Waals surface area contributed by atoms with Crippen LogP contribution in [0.25, 0.3) is 16.5 Å². The number of hydrogen-bond acceptors (Lipinski definition) is 3. The molecule has 1 aliphatic rings. The molecule has 2 aromatic carbocycles. The van der Waals surface area contributed by atoms with Crippen LogP contribution in [0.1, 0.15) is 22.3 Å². The summed E-state index contributed by atoms with van der Waals surface area (Å²) in [7, 11) is 1.33. The van der Waals surface area contributed by atoms with Gasteiger partial charge >= 0.3 is 12.0 Å². The standard InChI is InChI=1S/C22H21N3O3/c1-28-21(26)16-5-4-6-17(13-16)24-22(27)25-11-9-15(10-12-25)19-14-23-20-8-3-2-7-18(19)20/h2-9,13-14,23H,10-12H2,1H3,(H,24,27). The number of amides is 2. The van der Waals surface area contributed by atoms with Gasteiger partial charge in [-0.25, -0.2) is 9.59 Å². The highest BCUT2D eigenvalue weighted by Gasteiger charge is 2.19. The number of methoxy groups -OCH3 is 1. The highest BCUT2D eigenvalue weighted by molar-refractivity contribution is 5.95. The van der Waals surface area contributed by atoms with Gasteiger partial charge in [-0.1, -0.05) is 30.3 Å². The molecule has 1 aromatic heterocycles. The van der Waals surface area contributed by atoms with Crippen LogP contribution in [0.5, 0.6) is 0 Å². The topological polar surface area (TPSA) is 74.4 Å². The molecule has 0 saturated carbocycles. The quantitative estimate of drug-likeness (QED) is 0.671. The lowest BCUT2D eigenvalue weighted by Crippen LogP contribution is -2.37. The predicted octanol–water partition coefficient (Wildman–Crippen LogP) is 4.28. The molecule has 2 N–H and O–H groups in total. The average Bonchev–Trinajstić information content (AvgIpc) is 3.17. The Balaban J connectivity index is 1.44. The summed E-state index contributed by atoms with van der Waals surface area (Å²) in [4.78, 5) is 29.3. The summed E-state index contributed by atoms with van der Waals surface area (Å²) in [6.07, 6.45) is 4.92. The van der Waals surface area contributed by atoms with Gasteiger partial charge in [0.05, 0.1) is 12.7 Å². The molecule has 2 amide bonds. The highest BCUT2D eigenvalue weighted by Crippen LogP contribution is 2.29. The minimum Gasteiger partial charge on any atom is -0.465 e. The maximum absolute atomic E-state index is 12.6. The Morgan fingerprint density at radius 3 is 2.79 bits per heavy atom. The maximum atomic E-state index is 12.6. The number of carbonyl (C=O) groups excluding carboxylic acids is 2. The summed E-state index contributed by atoms with van der Waals surface area (Å²) in [6.45, 7) is 1.17. The number of anilines is 1. The van der Waals surface area contributed by atoms with E-state index >= 15 is 0 Å². The van der Waals surface area contributed by atoms with Crippen LogP contribution in [0.15, 0.2) is 60.8 Å². The molecule has 28 heavy (non-hydrogen) atoms. The van der Waals surface area contributed by atoms with Crippen LogP contribution < -0.4 is 5.32 Å². The number of esters is 1. The van der Waals surface area contributed by atoms with E-state index in [0.717, 1.165) is 11.9 Å². The molecular formula is C22H21N3O3. The molecule has 0 aliphatic carbocycles. The zero-order valence-electron chi connectivity index (χ0n) is 15.6. The van der Waals surface area contributed by atoms with E-state index in [0.29, 0.717) is 24.3 Å². The van der Waals surface area contributed by atoms with E-state index in [1.54, 1.807) is 29.2 Å². The first kappa shape index (κ1) is 17.9. The van der Waals surface area contributed by atoms with Gasteiger partial charge in [0.1, 0.15) is 0 Å². The number of carbonyl (C=O) groups is 2. The molecule has 0 fully saturated rings. The van der Waals surface area contributed by atoms with E-state index in [2.05, 4.69) is 28.5 Å². The van der Waals surface area contributed by atoms with Gasteiger partial charge in [0.2, 0.25) is 0 Å². The lowest BCUT2D eigenvalue weighted by atomic mass is 9.99. The van der Waals surface area contributed by atoms with Crippen molar-refractivity contribution >= 4 is 34.2 Å². The van der Waals surface area contributed by atoms with Crippen LogP contribution >= 0.6 is 0 Å². The van der Waals surface area contributed by atoms with Gasteiger partial charge in [-0.3, -0.25) is 0 Å². The van der Waals surface area contributed by atoms with Gasteiger partial charge in [-0.2, -0.15) is 0 Å². The minimum absolute atomic E-state index is 0.184. The van der Waals surface area contributed by atoms with E-state index in [-0.39, 0.29) is 6.03 Å². The number of H-pyrrole nitrogens is 1. The van der Waals surface area contributed by atoms with E-state index in [1.807, 2.05) is 18.3 Å². The molecule has 0 atom stereocenters. The first-order valence-corrected chi connectivity index (χ1v) is 9.15. The van der Waals surface area contributed by atoms with Crippen LogP contribution in [0.2, 0.25) is 0 Å². The molecule has 0 unspecified atom stereocenters. The van der Waals surface area contributed by atoms with Crippen molar-refractivity contribution in [3.05, 3.63) is 71.9 Å². The number of hydrogen-bond donors (Lipinski definition) is 2. The number of benzene rings is 2. The zero-order valence-corrected chi connectivity index (χ0v) is 15.6. The van der Waals surface area contributed by atoms with Crippen LogP contribution in [-0.2, 0) is 4.74 Å². The molecule has 1 aliphatic heterocycles. The molecule has 142 valence electrons. The van der Waals surface area contributed by atoms with Crippen molar-refractivity contribution in [1.82, 2.24) is 9.88 Å². The molecule has 4 rings (SSSR count). The number of nitrogens with one attached hydrogen (secondary N) is 2. The summed E-state index contributed by atoms with van der Waals surface area (Å²) < 4.78 is 4.72. The third kappa shape index (κ3) is 3.49. The van der Waals surface area contributed by atoms with Crippen molar-refractivity contribution in [1.29, 1.82) is 0 Å². The van der Waals surface area contributed by atoms with Gasteiger partial charge in [-0.05, 0) is 36.3 Å². The predicted molar refractivity (Wildman–Crippen MR) is 109 cm³/mol. The van der Waals surface area contributed by atoms with Crippen molar-refractivity contribution in [3.8, 4) is 0 Å². The van der Waals surface area contributed by atoms with Crippen LogP contribution in [0.4, 0.5) is 10.5 Å². The Bertz CT molecular complexity index is 1070. The first-order valence-electron chi connectivity index (χ1n) is 9.15. The number of aromatic nitrogens is 1. The van der Waals surface area contributed by atoms with Crippen LogP contribution in [-0.4, -0.2) is 42.1 Å². The molecule has 2 heterocycles. The fraction of sp³-hybridized carbons (Fsp3) is 0.182. The second kappa shape index (κ2) is 7.60. The minimum atomic E-state index is -0.430. The molecule has 6 nitrogen and oxygen atoms in total. The molecule has 0 spiro atoms. The smallest absolute Gasteiger partial charge is 0.337 e. The van der Waals surface area contributed by atoms with Gasteiger partial charge in [0, 0.05) is 41.4 Å². The average molecular weight is 375 g/mol. The Kier molecular flexibility index (Phi) is 4.85. The van der Waals surface area contributed by atoms with Gasteiger partial charge < -0.3 is 19.9 Å². The Hall–Kier alpha value is -3.54. The van der Waals surface area contributed by atoms with Crippen LogP contribution in [0.3, 0.4) is 0 Å². The SMILES string of the molecule is COC(=O)c1cccc(NC(=O)N2CC=C(c3c[nH]c4ccccc34)CC2)c1. The fourth-order valence-electron chi connectivity index (χ4n) is 3.48. The largest absolute Gasteiger partial charge is 0.465 e. The number of fused-ring (bicyclic) bond motifs is 1. The zero-order chi connectivity index (χ0) is 19.5. The van der Waals surface area contributed by atoms with Crippen molar-refractivity contribution in [2.75, 3.05) is 25.5 Å². The van der Waals surface area contributed by atoms with E-state index in [4.69, 9.17) is 4.74 Å². The van der Waals surface area contributed by atoms with Crippen molar-refractivity contribution in [2.45, 2.75) is 6.42 Å². The molecule has 3 aromatic rings. The van der Waals surface area contributed by atoms with Crippen molar-refractivity contribution in [2.24, 2.45) is 0 Å². The number of aromatic amines is 1. The van der Waals surface area contributed by atoms with Gasteiger partial charge in [-0.15, -0.1) is 0 Å². The molecular weight excluding hydrogens is 354 g/mol.